The van der Waals surface area contributed by atoms with E-state index in [0.29, 0.717) is 0 Å². The van der Waals surface area contributed by atoms with E-state index >= 15 is 0 Å². The summed E-state index contributed by atoms with van der Waals surface area (Å²) in [4.78, 5) is 5.11. The van der Waals surface area contributed by atoms with E-state index in [1.54, 1.807) is 0 Å². The Kier molecular flexibility index (Phi) is 4.58. The average molecular weight is 526 g/mol. The van der Waals surface area contributed by atoms with Gasteiger partial charge in [0.25, 0.3) is 0 Å². The molecule has 0 aliphatic heterocycles. The van der Waals surface area contributed by atoms with E-state index in [1.165, 1.54) is 10.8 Å². The maximum Gasteiger partial charge on any atom is 0.145 e. The zero-order valence-electron chi connectivity index (χ0n) is 22.0. The highest BCUT2D eigenvalue weighted by molar-refractivity contribution is 6.17. The fourth-order valence-corrected chi connectivity index (χ4v) is 6.31. The van der Waals surface area contributed by atoms with Gasteiger partial charge in [-0.3, -0.25) is 4.57 Å². The van der Waals surface area contributed by atoms with Crippen LogP contribution in [0.15, 0.2) is 144 Å². The van der Waals surface area contributed by atoms with Crippen LogP contribution in [0.25, 0.3) is 77.5 Å². The molecule has 0 atom stereocenters. The number of para-hydroxylation sites is 5. The minimum atomic E-state index is 0.893. The Bertz CT molecular complexity index is 2420. The molecule has 3 heterocycles. The summed E-state index contributed by atoms with van der Waals surface area (Å²) in [7, 11) is 0. The minimum Gasteiger partial charge on any atom is -0.456 e. The van der Waals surface area contributed by atoms with Gasteiger partial charge >= 0.3 is 0 Å². The van der Waals surface area contributed by atoms with Gasteiger partial charge in [0.2, 0.25) is 0 Å². The molecule has 9 rings (SSSR count). The van der Waals surface area contributed by atoms with E-state index in [4.69, 9.17) is 9.40 Å². The summed E-state index contributed by atoms with van der Waals surface area (Å²) < 4.78 is 10.9. The molecule has 0 spiro atoms. The molecule has 4 heteroatoms. The van der Waals surface area contributed by atoms with E-state index in [9.17, 15) is 0 Å². The van der Waals surface area contributed by atoms with Gasteiger partial charge < -0.3 is 8.98 Å². The van der Waals surface area contributed by atoms with E-state index in [2.05, 4.69) is 124 Å². The highest BCUT2D eigenvalue weighted by Crippen LogP contribution is 2.39. The van der Waals surface area contributed by atoms with Crippen LogP contribution in [0.3, 0.4) is 0 Å². The second kappa shape index (κ2) is 8.44. The van der Waals surface area contributed by atoms with Crippen molar-refractivity contribution in [2.45, 2.75) is 0 Å². The van der Waals surface area contributed by atoms with Crippen molar-refractivity contribution in [1.82, 2.24) is 14.1 Å². The fraction of sp³-hybridized carbons (Fsp3) is 0. The van der Waals surface area contributed by atoms with Crippen LogP contribution in [0, 0.1) is 0 Å². The Morgan fingerprint density at radius 1 is 0.439 bits per heavy atom. The monoisotopic (exact) mass is 525 g/mol. The number of rotatable bonds is 3. The SMILES string of the molecule is c1ccc(-n2c(-c3cccc(-n4c5ccccc5c5cc6c(cc54)oc4ccccc46)c3)nc3ccccc32)cc1. The van der Waals surface area contributed by atoms with Crippen LogP contribution >= 0.6 is 0 Å². The number of nitrogens with zero attached hydrogens (tertiary/aromatic N) is 3. The summed E-state index contributed by atoms with van der Waals surface area (Å²) in [5, 5.41) is 4.71. The van der Waals surface area contributed by atoms with Crippen molar-refractivity contribution in [1.29, 1.82) is 0 Å². The number of hydrogen-bond donors (Lipinski definition) is 0. The maximum atomic E-state index is 6.31. The van der Waals surface area contributed by atoms with Gasteiger partial charge in [0.15, 0.2) is 0 Å². The first-order chi connectivity index (χ1) is 20.3. The van der Waals surface area contributed by atoms with Crippen LogP contribution in [0.4, 0.5) is 0 Å². The standard InChI is InChI=1S/C37H23N3O/c1-2-12-25(13-3-1)40-33-19-8-6-17-31(33)38-37(40)24-11-10-14-26(21-24)39-32-18-7-4-15-27(32)29-22-30-28-16-5-9-20-35(28)41-36(30)23-34(29)39/h1-23H. The second-order valence-corrected chi connectivity index (χ2v) is 10.5. The van der Waals surface area contributed by atoms with Gasteiger partial charge in [-0.05, 0) is 54.6 Å². The number of benzene rings is 6. The Morgan fingerprint density at radius 2 is 1.17 bits per heavy atom. The summed E-state index contributed by atoms with van der Waals surface area (Å²) in [5.74, 6) is 0.916. The molecule has 3 aromatic heterocycles. The molecule has 0 aliphatic carbocycles. The molecule has 41 heavy (non-hydrogen) atoms. The molecule has 0 unspecified atom stereocenters. The highest BCUT2D eigenvalue weighted by Gasteiger charge is 2.18. The van der Waals surface area contributed by atoms with E-state index < -0.39 is 0 Å². The largest absolute Gasteiger partial charge is 0.456 e. The first-order valence-corrected chi connectivity index (χ1v) is 13.8. The summed E-state index contributed by atoms with van der Waals surface area (Å²) in [5.41, 5.74) is 9.36. The van der Waals surface area contributed by atoms with Crippen molar-refractivity contribution in [2.75, 3.05) is 0 Å². The van der Waals surface area contributed by atoms with Gasteiger partial charge in [0.05, 0.1) is 22.1 Å². The number of imidazole rings is 1. The van der Waals surface area contributed by atoms with Crippen LogP contribution in [0.2, 0.25) is 0 Å². The van der Waals surface area contributed by atoms with Crippen molar-refractivity contribution >= 4 is 54.8 Å². The molecule has 0 amide bonds. The first kappa shape index (κ1) is 22.2. The topological polar surface area (TPSA) is 35.9 Å². The van der Waals surface area contributed by atoms with E-state index in [-0.39, 0.29) is 0 Å². The van der Waals surface area contributed by atoms with Crippen molar-refractivity contribution < 1.29 is 4.42 Å². The molecule has 192 valence electrons. The predicted octanol–water partition coefficient (Wildman–Crippen LogP) is 9.69. The number of aromatic nitrogens is 3. The van der Waals surface area contributed by atoms with Gasteiger partial charge in [0.1, 0.15) is 17.0 Å². The molecule has 0 fully saturated rings. The van der Waals surface area contributed by atoms with Gasteiger partial charge in [-0.2, -0.15) is 0 Å². The van der Waals surface area contributed by atoms with Gasteiger partial charge in [-0.15, -0.1) is 0 Å². The summed E-state index contributed by atoms with van der Waals surface area (Å²) in [6.45, 7) is 0. The van der Waals surface area contributed by atoms with Gasteiger partial charge in [0, 0.05) is 44.5 Å². The molecule has 6 aromatic carbocycles. The molecule has 0 bridgehead atoms. The average Bonchev–Trinajstić information content (AvgIpc) is 3.70. The number of fused-ring (bicyclic) bond motifs is 7. The van der Waals surface area contributed by atoms with Crippen LogP contribution < -0.4 is 0 Å². The van der Waals surface area contributed by atoms with Crippen LogP contribution in [0.5, 0.6) is 0 Å². The lowest BCUT2D eigenvalue weighted by molar-refractivity contribution is 0.669. The fourth-order valence-electron chi connectivity index (χ4n) is 6.31. The van der Waals surface area contributed by atoms with Gasteiger partial charge in [-0.1, -0.05) is 78.9 Å². The van der Waals surface area contributed by atoms with E-state index in [0.717, 1.165) is 66.8 Å². The molecule has 4 nitrogen and oxygen atoms in total. The summed E-state index contributed by atoms with van der Waals surface area (Å²) in [6, 6.07) is 48.8. The highest BCUT2D eigenvalue weighted by atomic mass is 16.3. The normalized spacial score (nSPS) is 11.9. The molecule has 9 aromatic rings. The molecule has 0 radical (unpaired) electrons. The second-order valence-electron chi connectivity index (χ2n) is 10.5. The number of furan rings is 1. The molecule has 0 N–H and O–H groups in total. The maximum absolute atomic E-state index is 6.31. The van der Waals surface area contributed by atoms with Crippen LogP contribution in [0.1, 0.15) is 0 Å². The lowest BCUT2D eigenvalue weighted by Crippen LogP contribution is -1.99. The zero-order valence-corrected chi connectivity index (χ0v) is 22.0. The van der Waals surface area contributed by atoms with Crippen molar-refractivity contribution in [3.05, 3.63) is 140 Å². The Balaban J connectivity index is 1.32. The number of hydrogen-bond acceptors (Lipinski definition) is 2. The molecule has 0 aliphatic rings. The van der Waals surface area contributed by atoms with Crippen LogP contribution in [-0.4, -0.2) is 14.1 Å². The van der Waals surface area contributed by atoms with Gasteiger partial charge in [-0.25, -0.2) is 4.98 Å². The smallest absolute Gasteiger partial charge is 0.145 e. The first-order valence-electron chi connectivity index (χ1n) is 13.8. The zero-order chi connectivity index (χ0) is 26.9. The molecular weight excluding hydrogens is 502 g/mol. The molecular formula is C37H23N3O. The summed E-state index contributed by atoms with van der Waals surface area (Å²) >= 11 is 0. The third kappa shape index (κ3) is 3.25. The van der Waals surface area contributed by atoms with Crippen LogP contribution in [-0.2, 0) is 0 Å². The van der Waals surface area contributed by atoms with Crippen molar-refractivity contribution in [3.63, 3.8) is 0 Å². The van der Waals surface area contributed by atoms with E-state index in [1.807, 2.05) is 24.3 Å². The van der Waals surface area contributed by atoms with Crippen molar-refractivity contribution in [2.24, 2.45) is 0 Å². The Hall–Kier alpha value is -5.61. The molecule has 0 saturated heterocycles. The van der Waals surface area contributed by atoms with Crippen molar-refractivity contribution in [3.8, 4) is 22.8 Å². The Labute approximate surface area is 235 Å². The lowest BCUT2D eigenvalue weighted by atomic mass is 10.1. The predicted molar refractivity (Wildman–Crippen MR) is 168 cm³/mol. The quantitative estimate of drug-likeness (QED) is 0.230. The summed E-state index contributed by atoms with van der Waals surface area (Å²) in [6.07, 6.45) is 0. The third-order valence-corrected chi connectivity index (χ3v) is 8.11. The lowest BCUT2D eigenvalue weighted by Gasteiger charge is -2.12. The molecule has 0 saturated carbocycles. The Morgan fingerprint density at radius 3 is 2.07 bits per heavy atom. The third-order valence-electron chi connectivity index (χ3n) is 8.11. The minimum absolute atomic E-state index is 0.893.